The normalized spacial score (nSPS) is 10.7. The highest BCUT2D eigenvalue weighted by atomic mass is 16.6. The van der Waals surface area contributed by atoms with E-state index in [0.29, 0.717) is 22.1 Å². The SMILES string of the molecule is CC(=O)Oc1cccc2oc(N)c(-c3cccc([N+](=O)[O-])c3)c12. The Morgan fingerprint density at radius 3 is 2.70 bits per heavy atom. The van der Waals surface area contributed by atoms with Crippen LogP contribution in [-0.2, 0) is 4.79 Å². The van der Waals surface area contributed by atoms with E-state index in [1.807, 2.05) is 0 Å². The molecule has 7 nitrogen and oxygen atoms in total. The first-order chi connectivity index (χ1) is 11.0. The van der Waals surface area contributed by atoms with E-state index in [-0.39, 0.29) is 17.3 Å². The van der Waals surface area contributed by atoms with Crippen LogP contribution < -0.4 is 10.5 Å². The van der Waals surface area contributed by atoms with Crippen molar-refractivity contribution in [2.45, 2.75) is 6.92 Å². The van der Waals surface area contributed by atoms with Crippen LogP contribution in [0.3, 0.4) is 0 Å². The highest BCUT2D eigenvalue weighted by Crippen LogP contribution is 2.42. The number of furan rings is 1. The van der Waals surface area contributed by atoms with Gasteiger partial charge in [-0.3, -0.25) is 14.9 Å². The summed E-state index contributed by atoms with van der Waals surface area (Å²) in [7, 11) is 0. The van der Waals surface area contributed by atoms with E-state index in [1.165, 1.54) is 19.1 Å². The molecule has 0 saturated heterocycles. The first kappa shape index (κ1) is 14.6. The number of nitrogens with two attached hydrogens (primary N) is 1. The Balaban J connectivity index is 2.28. The van der Waals surface area contributed by atoms with Crippen LogP contribution in [0.4, 0.5) is 11.6 Å². The second-order valence-electron chi connectivity index (χ2n) is 4.87. The Hall–Kier alpha value is -3.35. The molecule has 0 unspecified atom stereocenters. The summed E-state index contributed by atoms with van der Waals surface area (Å²) >= 11 is 0. The molecular weight excluding hydrogens is 300 g/mol. The van der Waals surface area contributed by atoms with Gasteiger partial charge in [-0.25, -0.2) is 0 Å². The molecule has 2 aromatic carbocycles. The predicted octanol–water partition coefficient (Wildman–Crippen LogP) is 3.52. The fourth-order valence-corrected chi connectivity index (χ4v) is 2.44. The van der Waals surface area contributed by atoms with Gasteiger partial charge in [-0.2, -0.15) is 0 Å². The summed E-state index contributed by atoms with van der Waals surface area (Å²) in [6.45, 7) is 1.29. The number of carbonyl (C=O) groups is 1. The quantitative estimate of drug-likeness (QED) is 0.343. The van der Waals surface area contributed by atoms with Crippen molar-refractivity contribution < 1.29 is 18.9 Å². The summed E-state index contributed by atoms with van der Waals surface area (Å²) in [6.07, 6.45) is 0. The summed E-state index contributed by atoms with van der Waals surface area (Å²) in [5.41, 5.74) is 7.27. The molecule has 3 rings (SSSR count). The molecule has 0 aliphatic rings. The van der Waals surface area contributed by atoms with Gasteiger partial charge in [0.15, 0.2) is 5.88 Å². The van der Waals surface area contributed by atoms with Gasteiger partial charge in [0.2, 0.25) is 0 Å². The molecule has 0 saturated carbocycles. The van der Waals surface area contributed by atoms with E-state index in [4.69, 9.17) is 14.9 Å². The number of nitrogen functional groups attached to an aromatic ring is 1. The Labute approximate surface area is 130 Å². The van der Waals surface area contributed by atoms with Crippen molar-refractivity contribution in [1.82, 2.24) is 0 Å². The van der Waals surface area contributed by atoms with Crippen molar-refractivity contribution in [3.8, 4) is 16.9 Å². The van der Waals surface area contributed by atoms with Crippen LogP contribution >= 0.6 is 0 Å². The first-order valence-electron chi connectivity index (χ1n) is 6.71. The lowest BCUT2D eigenvalue weighted by atomic mass is 10.0. The number of rotatable bonds is 3. The average Bonchev–Trinajstić information content (AvgIpc) is 2.84. The zero-order chi connectivity index (χ0) is 16.6. The third kappa shape index (κ3) is 2.59. The molecule has 0 spiro atoms. The molecule has 0 fully saturated rings. The number of anilines is 1. The number of hydrogen-bond acceptors (Lipinski definition) is 6. The van der Waals surface area contributed by atoms with Crippen LogP contribution in [0.2, 0.25) is 0 Å². The van der Waals surface area contributed by atoms with E-state index in [2.05, 4.69) is 0 Å². The Bertz CT molecular complexity index is 929. The fraction of sp³-hybridized carbons (Fsp3) is 0.0625. The second-order valence-corrected chi connectivity index (χ2v) is 4.87. The first-order valence-corrected chi connectivity index (χ1v) is 6.71. The molecule has 0 radical (unpaired) electrons. The maximum Gasteiger partial charge on any atom is 0.308 e. The van der Waals surface area contributed by atoms with Crippen LogP contribution in [0.5, 0.6) is 5.75 Å². The highest BCUT2D eigenvalue weighted by molar-refractivity contribution is 6.04. The number of nitro groups is 1. The summed E-state index contributed by atoms with van der Waals surface area (Å²) < 4.78 is 10.7. The Morgan fingerprint density at radius 2 is 2.00 bits per heavy atom. The van der Waals surface area contributed by atoms with Crippen LogP contribution in [0.1, 0.15) is 6.92 Å². The van der Waals surface area contributed by atoms with Crippen LogP contribution in [0, 0.1) is 10.1 Å². The van der Waals surface area contributed by atoms with Gasteiger partial charge < -0.3 is 14.9 Å². The van der Waals surface area contributed by atoms with Crippen molar-refractivity contribution in [2.75, 3.05) is 5.73 Å². The smallest absolute Gasteiger partial charge is 0.308 e. The Kier molecular flexibility index (Phi) is 3.46. The number of benzene rings is 2. The number of nitrogens with zero attached hydrogens (tertiary/aromatic N) is 1. The monoisotopic (exact) mass is 312 g/mol. The number of non-ortho nitro benzene ring substituents is 1. The van der Waals surface area contributed by atoms with Crippen molar-refractivity contribution in [3.63, 3.8) is 0 Å². The standard InChI is InChI=1S/C16H12N2O5/c1-9(19)22-12-6-3-7-13-15(12)14(16(17)23-13)10-4-2-5-11(8-10)18(20)21/h2-8H,17H2,1H3. The summed E-state index contributed by atoms with van der Waals surface area (Å²) in [5.74, 6) is -0.0979. The minimum Gasteiger partial charge on any atom is -0.440 e. The maximum absolute atomic E-state index is 11.3. The molecule has 2 N–H and O–H groups in total. The van der Waals surface area contributed by atoms with Gasteiger partial charge >= 0.3 is 5.97 Å². The molecule has 1 heterocycles. The maximum atomic E-state index is 11.3. The van der Waals surface area contributed by atoms with E-state index < -0.39 is 10.9 Å². The summed E-state index contributed by atoms with van der Waals surface area (Å²) in [5, 5.41) is 11.5. The summed E-state index contributed by atoms with van der Waals surface area (Å²) in [4.78, 5) is 21.8. The van der Waals surface area contributed by atoms with Gasteiger partial charge in [0.05, 0.1) is 15.9 Å². The third-order valence-corrected chi connectivity index (χ3v) is 3.30. The van der Waals surface area contributed by atoms with Crippen molar-refractivity contribution >= 4 is 28.5 Å². The molecular formula is C16H12N2O5. The largest absolute Gasteiger partial charge is 0.440 e. The van der Waals surface area contributed by atoms with Gasteiger partial charge in [-0.15, -0.1) is 0 Å². The third-order valence-electron chi connectivity index (χ3n) is 3.30. The van der Waals surface area contributed by atoms with Crippen molar-refractivity contribution in [1.29, 1.82) is 0 Å². The lowest BCUT2D eigenvalue weighted by Gasteiger charge is -2.05. The molecule has 0 amide bonds. The molecule has 1 aromatic heterocycles. The molecule has 0 aliphatic heterocycles. The average molecular weight is 312 g/mol. The fourth-order valence-electron chi connectivity index (χ4n) is 2.44. The molecule has 23 heavy (non-hydrogen) atoms. The van der Waals surface area contributed by atoms with Gasteiger partial charge in [-0.05, 0) is 17.7 Å². The van der Waals surface area contributed by atoms with Gasteiger partial charge in [0.25, 0.3) is 5.69 Å². The van der Waals surface area contributed by atoms with E-state index in [1.54, 1.807) is 30.3 Å². The predicted molar refractivity (Wildman–Crippen MR) is 84.0 cm³/mol. The summed E-state index contributed by atoms with van der Waals surface area (Å²) in [6, 6.07) is 11.0. The highest BCUT2D eigenvalue weighted by Gasteiger charge is 2.20. The zero-order valence-corrected chi connectivity index (χ0v) is 12.1. The molecule has 0 bridgehead atoms. The molecule has 116 valence electrons. The number of hydrogen-bond donors (Lipinski definition) is 1. The minimum atomic E-state index is -0.491. The molecule has 3 aromatic rings. The Morgan fingerprint density at radius 1 is 1.26 bits per heavy atom. The van der Waals surface area contributed by atoms with E-state index >= 15 is 0 Å². The van der Waals surface area contributed by atoms with Crippen molar-refractivity contribution in [2.24, 2.45) is 0 Å². The van der Waals surface area contributed by atoms with E-state index in [0.717, 1.165) is 0 Å². The van der Waals surface area contributed by atoms with Gasteiger partial charge in [0, 0.05) is 19.1 Å². The topological polar surface area (TPSA) is 109 Å². The zero-order valence-electron chi connectivity index (χ0n) is 12.1. The number of fused-ring (bicyclic) bond motifs is 1. The lowest BCUT2D eigenvalue weighted by molar-refractivity contribution is -0.384. The molecule has 7 heteroatoms. The van der Waals surface area contributed by atoms with Gasteiger partial charge in [-0.1, -0.05) is 18.2 Å². The second kappa shape index (κ2) is 5.45. The number of carbonyl (C=O) groups excluding carboxylic acids is 1. The number of ether oxygens (including phenoxy) is 1. The lowest BCUT2D eigenvalue weighted by Crippen LogP contribution is -2.01. The van der Waals surface area contributed by atoms with Crippen LogP contribution in [0.25, 0.3) is 22.1 Å². The van der Waals surface area contributed by atoms with Crippen LogP contribution in [0.15, 0.2) is 46.9 Å². The van der Waals surface area contributed by atoms with Gasteiger partial charge in [0.1, 0.15) is 11.3 Å². The minimum absolute atomic E-state index is 0.0683. The molecule has 0 atom stereocenters. The number of nitro benzene ring substituents is 1. The molecule has 0 aliphatic carbocycles. The number of esters is 1. The van der Waals surface area contributed by atoms with Crippen molar-refractivity contribution in [3.05, 3.63) is 52.6 Å². The van der Waals surface area contributed by atoms with E-state index in [9.17, 15) is 14.9 Å². The van der Waals surface area contributed by atoms with Crippen LogP contribution in [-0.4, -0.2) is 10.9 Å².